The van der Waals surface area contributed by atoms with Gasteiger partial charge in [0.1, 0.15) is 0 Å². The molecule has 0 spiro atoms. The average Bonchev–Trinajstić information content (AvgIpc) is 2.53. The molecule has 22 heavy (non-hydrogen) atoms. The van der Waals surface area contributed by atoms with Gasteiger partial charge in [-0.25, -0.2) is 8.42 Å². The zero-order chi connectivity index (χ0) is 16.0. The molecule has 1 atom stereocenters. The van der Waals surface area contributed by atoms with E-state index < -0.39 is 15.9 Å². The van der Waals surface area contributed by atoms with Gasteiger partial charge in [0.25, 0.3) is 0 Å². The van der Waals surface area contributed by atoms with Crippen LogP contribution in [0.25, 0.3) is 0 Å². The van der Waals surface area contributed by atoms with Gasteiger partial charge >= 0.3 is 0 Å². The Morgan fingerprint density at radius 1 is 1.09 bits per heavy atom. The van der Waals surface area contributed by atoms with E-state index in [1.54, 1.807) is 24.3 Å². The molecule has 0 amide bonds. The fraction of sp³-hybridized carbons (Fsp3) is 0.111. The van der Waals surface area contributed by atoms with E-state index in [1.165, 1.54) is 0 Å². The normalized spacial score (nSPS) is 12.7. The summed E-state index contributed by atoms with van der Waals surface area (Å²) >= 11 is 0. The third-order valence-electron chi connectivity index (χ3n) is 3.05. The third kappa shape index (κ3) is 4.00. The molecule has 0 heterocycles. The van der Waals surface area contributed by atoms with Crippen LogP contribution < -0.4 is 0 Å². The van der Waals surface area contributed by atoms with Crippen LogP contribution in [0.2, 0.25) is 0 Å². The Morgan fingerprint density at radius 3 is 2.32 bits per heavy atom. The molecule has 3 nitrogen and oxygen atoms in total. The van der Waals surface area contributed by atoms with E-state index in [1.807, 2.05) is 37.3 Å². The van der Waals surface area contributed by atoms with Crippen molar-refractivity contribution in [3.05, 3.63) is 77.4 Å². The highest BCUT2D eigenvalue weighted by Gasteiger charge is 2.11. The number of rotatable bonds is 5. The van der Waals surface area contributed by atoms with Crippen molar-refractivity contribution in [2.75, 3.05) is 0 Å². The molecule has 0 bridgehead atoms. The molecule has 4 heteroatoms. The summed E-state index contributed by atoms with van der Waals surface area (Å²) in [5.41, 5.74) is 1.79. The monoisotopic (exact) mass is 312 g/mol. The first-order valence-electron chi connectivity index (χ1n) is 6.68. The Bertz CT molecular complexity index is 782. The quantitative estimate of drug-likeness (QED) is 0.625. The standard InChI is InChI=1S/C18H16O3S/c1-3-18(16-7-5-4-6-8-16)21-13-14-22(19,20)17-11-9-15(2)10-12-17/h1,4-14,18H,2H3/b14-13+. The first-order valence-corrected chi connectivity index (χ1v) is 8.22. The maximum absolute atomic E-state index is 12.1. The Balaban J connectivity index is 2.11. The summed E-state index contributed by atoms with van der Waals surface area (Å²) in [6.45, 7) is 1.90. The summed E-state index contributed by atoms with van der Waals surface area (Å²) in [4.78, 5) is 0.218. The first kappa shape index (κ1) is 15.9. The minimum Gasteiger partial charge on any atom is -0.480 e. The second-order valence-electron chi connectivity index (χ2n) is 4.72. The van der Waals surface area contributed by atoms with Gasteiger partial charge < -0.3 is 4.74 Å². The Hall–Kier alpha value is -2.51. The number of terminal acetylenes is 1. The number of benzene rings is 2. The van der Waals surface area contributed by atoms with Gasteiger partial charge in [-0.15, -0.1) is 6.42 Å². The molecule has 0 radical (unpaired) electrons. The molecule has 2 aromatic carbocycles. The van der Waals surface area contributed by atoms with Crippen LogP contribution in [-0.4, -0.2) is 8.42 Å². The second-order valence-corrected chi connectivity index (χ2v) is 6.56. The summed E-state index contributed by atoms with van der Waals surface area (Å²) in [7, 11) is -3.54. The molecular weight excluding hydrogens is 296 g/mol. The lowest BCUT2D eigenvalue weighted by Gasteiger charge is -2.10. The van der Waals surface area contributed by atoms with Gasteiger partial charge in [-0.3, -0.25) is 0 Å². The molecule has 0 aliphatic carbocycles. The predicted octanol–water partition coefficient (Wildman–Crippen LogP) is 3.63. The maximum atomic E-state index is 12.1. The van der Waals surface area contributed by atoms with Gasteiger partial charge in [0.15, 0.2) is 6.10 Å². The van der Waals surface area contributed by atoms with Gasteiger partial charge in [0, 0.05) is 5.56 Å². The lowest BCUT2D eigenvalue weighted by molar-refractivity contribution is 0.199. The molecule has 1 unspecified atom stereocenters. The number of hydrogen-bond acceptors (Lipinski definition) is 3. The van der Waals surface area contributed by atoms with Crippen LogP contribution in [0.4, 0.5) is 0 Å². The van der Waals surface area contributed by atoms with Crippen LogP contribution in [-0.2, 0) is 14.6 Å². The number of hydrogen-bond donors (Lipinski definition) is 0. The summed E-state index contributed by atoms with van der Waals surface area (Å²) in [6, 6.07) is 15.8. The van der Waals surface area contributed by atoms with Crippen molar-refractivity contribution in [3.63, 3.8) is 0 Å². The lowest BCUT2D eigenvalue weighted by atomic mass is 10.1. The van der Waals surface area contributed by atoms with E-state index in [9.17, 15) is 8.42 Å². The van der Waals surface area contributed by atoms with E-state index in [0.29, 0.717) is 0 Å². The van der Waals surface area contributed by atoms with Crippen molar-refractivity contribution in [2.24, 2.45) is 0 Å². The van der Waals surface area contributed by atoms with E-state index in [-0.39, 0.29) is 4.90 Å². The molecule has 2 rings (SSSR count). The minimum atomic E-state index is -3.54. The highest BCUT2D eigenvalue weighted by Crippen LogP contribution is 2.18. The smallest absolute Gasteiger partial charge is 0.202 e. The zero-order valence-electron chi connectivity index (χ0n) is 12.1. The Morgan fingerprint density at radius 2 is 1.73 bits per heavy atom. The van der Waals surface area contributed by atoms with Crippen LogP contribution >= 0.6 is 0 Å². The third-order valence-corrected chi connectivity index (χ3v) is 4.45. The summed E-state index contributed by atoms with van der Waals surface area (Å²) in [6.07, 6.45) is 5.94. The summed E-state index contributed by atoms with van der Waals surface area (Å²) < 4.78 is 29.6. The Kier molecular flexibility index (Phi) is 5.03. The Labute approximate surface area is 131 Å². The molecule has 0 saturated heterocycles. The summed E-state index contributed by atoms with van der Waals surface area (Å²) in [5.74, 6) is 2.48. The highest BCUT2D eigenvalue weighted by atomic mass is 32.2. The van der Waals surface area contributed by atoms with Gasteiger partial charge in [-0.2, -0.15) is 0 Å². The molecule has 0 aliphatic rings. The predicted molar refractivity (Wildman–Crippen MR) is 86.6 cm³/mol. The average molecular weight is 312 g/mol. The molecule has 2 aromatic rings. The fourth-order valence-corrected chi connectivity index (χ4v) is 2.72. The van der Waals surface area contributed by atoms with E-state index in [0.717, 1.165) is 22.8 Å². The number of aryl methyl sites for hydroxylation is 1. The largest absolute Gasteiger partial charge is 0.480 e. The molecule has 0 fully saturated rings. The SMILES string of the molecule is C#CC(O/C=C/S(=O)(=O)c1ccc(C)cc1)c1ccccc1. The molecule has 0 aromatic heterocycles. The summed E-state index contributed by atoms with van der Waals surface area (Å²) in [5, 5.41) is 1.02. The van der Waals surface area contributed by atoms with Crippen LogP contribution in [0.1, 0.15) is 17.2 Å². The van der Waals surface area contributed by atoms with E-state index in [4.69, 9.17) is 11.2 Å². The van der Waals surface area contributed by atoms with Crippen molar-refractivity contribution in [1.82, 2.24) is 0 Å². The molecule has 0 saturated carbocycles. The highest BCUT2D eigenvalue weighted by molar-refractivity contribution is 7.94. The molecular formula is C18H16O3S. The van der Waals surface area contributed by atoms with Crippen LogP contribution in [0.15, 0.2) is 71.2 Å². The minimum absolute atomic E-state index is 0.218. The van der Waals surface area contributed by atoms with Crippen LogP contribution in [0.5, 0.6) is 0 Å². The van der Waals surface area contributed by atoms with Crippen LogP contribution in [0.3, 0.4) is 0 Å². The van der Waals surface area contributed by atoms with Crippen molar-refractivity contribution < 1.29 is 13.2 Å². The number of sulfone groups is 1. The van der Waals surface area contributed by atoms with Gasteiger partial charge in [0.2, 0.25) is 9.84 Å². The molecule has 112 valence electrons. The van der Waals surface area contributed by atoms with Gasteiger partial charge in [-0.05, 0) is 19.1 Å². The lowest BCUT2D eigenvalue weighted by Crippen LogP contribution is -1.99. The fourth-order valence-electron chi connectivity index (χ4n) is 1.83. The van der Waals surface area contributed by atoms with Crippen molar-refractivity contribution in [1.29, 1.82) is 0 Å². The zero-order valence-corrected chi connectivity index (χ0v) is 13.0. The van der Waals surface area contributed by atoms with E-state index >= 15 is 0 Å². The molecule has 0 N–H and O–H groups in total. The van der Waals surface area contributed by atoms with Crippen molar-refractivity contribution in [2.45, 2.75) is 17.9 Å². The second kappa shape index (κ2) is 6.97. The van der Waals surface area contributed by atoms with Crippen molar-refractivity contribution >= 4 is 9.84 Å². The molecule has 0 aliphatic heterocycles. The van der Waals surface area contributed by atoms with Crippen LogP contribution in [0, 0.1) is 19.3 Å². The van der Waals surface area contributed by atoms with E-state index in [2.05, 4.69) is 5.92 Å². The van der Waals surface area contributed by atoms with Crippen molar-refractivity contribution in [3.8, 4) is 12.3 Å². The first-order chi connectivity index (χ1) is 10.5. The number of ether oxygens (including phenoxy) is 1. The topological polar surface area (TPSA) is 43.4 Å². The maximum Gasteiger partial charge on any atom is 0.202 e. The van der Waals surface area contributed by atoms with Gasteiger partial charge in [-0.1, -0.05) is 53.9 Å². The van der Waals surface area contributed by atoms with Gasteiger partial charge in [0.05, 0.1) is 16.6 Å².